The van der Waals surface area contributed by atoms with Gasteiger partial charge in [-0.25, -0.2) is 4.39 Å². The smallest absolute Gasteiger partial charge is 0.127 e. The van der Waals surface area contributed by atoms with E-state index in [2.05, 4.69) is 17.9 Å². The molecule has 1 aliphatic carbocycles. The fourth-order valence-electron chi connectivity index (χ4n) is 2.93. The molecular formula is C16H21FN2. The zero-order valence-corrected chi connectivity index (χ0v) is 11.5. The molecule has 0 N–H and O–H groups in total. The molecule has 2 nitrogen and oxygen atoms in total. The van der Waals surface area contributed by atoms with Gasteiger partial charge in [0.1, 0.15) is 5.82 Å². The molecule has 1 aliphatic rings. The van der Waals surface area contributed by atoms with E-state index in [0.29, 0.717) is 23.7 Å². The number of halogens is 1. The summed E-state index contributed by atoms with van der Waals surface area (Å²) < 4.78 is 13.8. The molecule has 0 spiro atoms. The number of hydrogen-bond donors (Lipinski definition) is 0. The fraction of sp³-hybridized carbons (Fsp3) is 0.562. The van der Waals surface area contributed by atoms with Gasteiger partial charge in [-0.1, -0.05) is 26.2 Å². The van der Waals surface area contributed by atoms with Gasteiger partial charge < -0.3 is 0 Å². The first-order valence-corrected chi connectivity index (χ1v) is 7.17. The topological polar surface area (TPSA) is 27.0 Å². The van der Waals surface area contributed by atoms with Crippen LogP contribution in [-0.2, 0) is 6.54 Å². The summed E-state index contributed by atoms with van der Waals surface area (Å²) in [5.41, 5.74) is 1.18. The Bertz CT molecular complexity index is 458. The van der Waals surface area contributed by atoms with Crippen molar-refractivity contribution < 1.29 is 4.39 Å². The van der Waals surface area contributed by atoms with E-state index in [1.807, 2.05) is 0 Å². The molecule has 1 aromatic rings. The third-order valence-corrected chi connectivity index (χ3v) is 4.05. The zero-order chi connectivity index (χ0) is 13.7. The second kappa shape index (κ2) is 6.68. The average Bonchev–Trinajstić information content (AvgIpc) is 2.47. The van der Waals surface area contributed by atoms with Crippen molar-refractivity contribution in [3.8, 4) is 6.07 Å². The van der Waals surface area contributed by atoms with Crippen LogP contribution in [0.25, 0.3) is 0 Å². The van der Waals surface area contributed by atoms with Crippen molar-refractivity contribution in [3.63, 3.8) is 0 Å². The number of hydrogen-bond acceptors (Lipinski definition) is 2. The summed E-state index contributed by atoms with van der Waals surface area (Å²) in [5.74, 6) is -0.201. The monoisotopic (exact) mass is 260 g/mol. The molecule has 0 aromatic heterocycles. The van der Waals surface area contributed by atoms with Crippen LogP contribution in [0, 0.1) is 17.1 Å². The fourth-order valence-corrected chi connectivity index (χ4v) is 2.93. The highest BCUT2D eigenvalue weighted by Crippen LogP contribution is 2.24. The third kappa shape index (κ3) is 3.54. The highest BCUT2D eigenvalue weighted by molar-refractivity contribution is 5.33. The van der Waals surface area contributed by atoms with Crippen molar-refractivity contribution in [2.45, 2.75) is 51.6 Å². The number of benzene rings is 1. The Labute approximate surface area is 114 Å². The Morgan fingerprint density at radius 3 is 2.68 bits per heavy atom. The van der Waals surface area contributed by atoms with Crippen molar-refractivity contribution in [2.75, 3.05) is 6.54 Å². The van der Waals surface area contributed by atoms with Gasteiger partial charge in [0, 0.05) is 18.2 Å². The van der Waals surface area contributed by atoms with Crippen LogP contribution in [0.3, 0.4) is 0 Å². The molecule has 1 aromatic carbocycles. The molecule has 0 atom stereocenters. The molecule has 1 saturated carbocycles. The van der Waals surface area contributed by atoms with E-state index >= 15 is 0 Å². The molecule has 0 radical (unpaired) electrons. The van der Waals surface area contributed by atoms with Crippen LogP contribution in [0.1, 0.15) is 50.2 Å². The molecular weight excluding hydrogens is 239 g/mol. The molecule has 1 fully saturated rings. The van der Waals surface area contributed by atoms with Gasteiger partial charge in [-0.3, -0.25) is 4.90 Å². The van der Waals surface area contributed by atoms with Gasteiger partial charge >= 0.3 is 0 Å². The molecule has 0 saturated heterocycles. The first-order chi connectivity index (χ1) is 9.24. The van der Waals surface area contributed by atoms with Crippen molar-refractivity contribution in [2.24, 2.45) is 0 Å². The van der Waals surface area contributed by atoms with Crippen molar-refractivity contribution >= 4 is 0 Å². The van der Waals surface area contributed by atoms with E-state index < -0.39 is 0 Å². The predicted molar refractivity (Wildman–Crippen MR) is 74.1 cm³/mol. The first kappa shape index (κ1) is 14.0. The molecule has 102 valence electrons. The van der Waals surface area contributed by atoms with E-state index in [-0.39, 0.29) is 5.82 Å². The van der Waals surface area contributed by atoms with E-state index in [4.69, 9.17) is 5.26 Å². The summed E-state index contributed by atoms with van der Waals surface area (Å²) in [5, 5.41) is 8.91. The van der Waals surface area contributed by atoms with Crippen molar-refractivity contribution in [1.82, 2.24) is 4.90 Å². The Morgan fingerprint density at radius 2 is 2.05 bits per heavy atom. The minimum Gasteiger partial charge on any atom is -0.296 e. The van der Waals surface area contributed by atoms with Gasteiger partial charge in [0.25, 0.3) is 0 Å². The lowest BCUT2D eigenvalue weighted by atomic mass is 9.94. The summed E-state index contributed by atoms with van der Waals surface area (Å²) in [7, 11) is 0. The van der Waals surface area contributed by atoms with E-state index in [1.165, 1.54) is 44.2 Å². The lowest BCUT2D eigenvalue weighted by molar-refractivity contribution is 0.154. The van der Waals surface area contributed by atoms with Gasteiger partial charge in [-0.2, -0.15) is 5.26 Å². The minimum absolute atomic E-state index is 0.201. The highest BCUT2D eigenvalue weighted by atomic mass is 19.1. The van der Waals surface area contributed by atoms with Crippen molar-refractivity contribution in [3.05, 3.63) is 35.1 Å². The van der Waals surface area contributed by atoms with Gasteiger partial charge in [0.05, 0.1) is 11.6 Å². The minimum atomic E-state index is -0.201. The molecule has 0 unspecified atom stereocenters. The van der Waals surface area contributed by atoms with Crippen LogP contribution in [0.2, 0.25) is 0 Å². The molecule has 0 bridgehead atoms. The summed E-state index contributed by atoms with van der Waals surface area (Å²) in [6.07, 6.45) is 6.32. The van der Waals surface area contributed by atoms with E-state index in [9.17, 15) is 4.39 Å². The summed E-state index contributed by atoms with van der Waals surface area (Å²) in [4.78, 5) is 2.35. The highest BCUT2D eigenvalue weighted by Gasteiger charge is 2.20. The maximum absolute atomic E-state index is 13.8. The van der Waals surface area contributed by atoms with Gasteiger partial charge in [0.2, 0.25) is 0 Å². The third-order valence-electron chi connectivity index (χ3n) is 4.05. The van der Waals surface area contributed by atoms with Gasteiger partial charge in [0.15, 0.2) is 0 Å². The number of rotatable bonds is 4. The SMILES string of the molecule is CCN(Cc1cc(C#N)ccc1F)C1CCCCC1. The van der Waals surface area contributed by atoms with Crippen LogP contribution < -0.4 is 0 Å². The predicted octanol–water partition coefficient (Wildman–Crippen LogP) is 3.85. The number of nitrogens with zero attached hydrogens (tertiary/aromatic N) is 2. The standard InChI is InChI=1S/C16H21FN2/c1-2-19(15-6-4-3-5-7-15)12-14-10-13(11-18)8-9-16(14)17/h8-10,15H,2-7,12H2,1H3. The number of nitriles is 1. The summed E-state index contributed by atoms with van der Waals surface area (Å²) in [6.45, 7) is 3.67. The van der Waals surface area contributed by atoms with Crippen LogP contribution in [0.15, 0.2) is 18.2 Å². The van der Waals surface area contributed by atoms with Crippen LogP contribution in [0.5, 0.6) is 0 Å². The van der Waals surface area contributed by atoms with E-state index in [1.54, 1.807) is 6.07 Å². The van der Waals surface area contributed by atoms with E-state index in [0.717, 1.165) is 6.54 Å². The molecule has 0 aliphatic heterocycles. The lowest BCUT2D eigenvalue weighted by Crippen LogP contribution is -2.36. The van der Waals surface area contributed by atoms with Crippen LogP contribution in [-0.4, -0.2) is 17.5 Å². The largest absolute Gasteiger partial charge is 0.296 e. The maximum atomic E-state index is 13.8. The Balaban J connectivity index is 2.11. The molecule has 3 heteroatoms. The van der Waals surface area contributed by atoms with Crippen LogP contribution >= 0.6 is 0 Å². The zero-order valence-electron chi connectivity index (χ0n) is 11.5. The molecule has 2 rings (SSSR count). The Hall–Kier alpha value is -1.40. The van der Waals surface area contributed by atoms with Gasteiger partial charge in [-0.15, -0.1) is 0 Å². The summed E-state index contributed by atoms with van der Waals surface area (Å²) >= 11 is 0. The Kier molecular flexibility index (Phi) is 4.93. The summed E-state index contributed by atoms with van der Waals surface area (Å²) in [6, 6.07) is 7.28. The Morgan fingerprint density at radius 1 is 1.32 bits per heavy atom. The second-order valence-corrected chi connectivity index (χ2v) is 5.27. The van der Waals surface area contributed by atoms with Crippen LogP contribution in [0.4, 0.5) is 4.39 Å². The first-order valence-electron chi connectivity index (χ1n) is 7.17. The second-order valence-electron chi connectivity index (χ2n) is 5.27. The molecule has 0 heterocycles. The maximum Gasteiger partial charge on any atom is 0.127 e. The van der Waals surface area contributed by atoms with Gasteiger partial charge in [-0.05, 0) is 37.6 Å². The van der Waals surface area contributed by atoms with Crippen molar-refractivity contribution in [1.29, 1.82) is 5.26 Å². The molecule has 0 amide bonds. The normalized spacial score (nSPS) is 16.5. The quantitative estimate of drug-likeness (QED) is 0.822. The lowest BCUT2D eigenvalue weighted by Gasteiger charge is -2.33. The molecule has 19 heavy (non-hydrogen) atoms. The average molecular weight is 260 g/mol.